The van der Waals surface area contributed by atoms with Crippen molar-refractivity contribution in [2.75, 3.05) is 38.6 Å². The molecule has 1 aliphatic rings. The quantitative estimate of drug-likeness (QED) is 0.0261. The van der Waals surface area contributed by atoms with Crippen molar-refractivity contribution in [3.05, 3.63) is 94.5 Å². The average molecular weight is 1040 g/mol. The lowest BCUT2D eigenvalue weighted by molar-refractivity contribution is -0.141. The summed E-state index contributed by atoms with van der Waals surface area (Å²) in [6.07, 6.45) is -2.39. The van der Waals surface area contributed by atoms with Crippen LogP contribution in [-0.4, -0.2) is 132 Å². The maximum Gasteiger partial charge on any atom is 0.407 e. The minimum absolute atomic E-state index is 0.0188. The van der Waals surface area contributed by atoms with Crippen LogP contribution in [0.25, 0.3) is 11.1 Å². The van der Waals surface area contributed by atoms with Gasteiger partial charge in [0, 0.05) is 41.8 Å². The fourth-order valence-corrected chi connectivity index (χ4v) is 8.19. The van der Waals surface area contributed by atoms with Crippen LogP contribution in [0.3, 0.4) is 0 Å². The summed E-state index contributed by atoms with van der Waals surface area (Å²) in [5, 5.41) is 34.3. The predicted molar refractivity (Wildman–Crippen MR) is 265 cm³/mol. The average Bonchev–Trinajstić information content (AvgIpc) is 3.66. The number of unbranched alkanes of at least 4 members (excludes halogenated alkanes) is 1. The zero-order valence-corrected chi connectivity index (χ0v) is 40.6. The normalized spacial score (nSPS) is 13.0. The zero-order chi connectivity index (χ0) is 52.6. The SMILES string of the molecule is NC(=O)CCSC(=O)CNC(=O)[C@H](CCCN=C(N)N)NC(=O)[C@H](CC(=O)O)NC(=O)[C@H](CO)NC(=O)[C@H](CCCCNC(=O)OCc1ccccc1Cl)NC(=O)OCC1c2ccccc2-c2ccccc21. The summed E-state index contributed by atoms with van der Waals surface area (Å²) in [5.41, 5.74) is 20.3. The fraction of sp³-hybridized carbons (Fsp3) is 0.404. The number of aliphatic carboxylic acids is 1. The van der Waals surface area contributed by atoms with Gasteiger partial charge >= 0.3 is 18.2 Å². The summed E-state index contributed by atoms with van der Waals surface area (Å²) in [6, 6.07) is 15.7. The van der Waals surface area contributed by atoms with Gasteiger partial charge in [0.1, 0.15) is 37.4 Å². The zero-order valence-electron chi connectivity index (χ0n) is 39.1. The van der Waals surface area contributed by atoms with Gasteiger partial charge < -0.3 is 68.8 Å². The van der Waals surface area contributed by atoms with Crippen LogP contribution in [0.15, 0.2) is 77.8 Å². The third-order valence-electron chi connectivity index (χ3n) is 10.9. The molecule has 0 saturated heterocycles. The molecule has 72 heavy (non-hydrogen) atoms. The molecule has 7 amide bonds. The van der Waals surface area contributed by atoms with Gasteiger partial charge in [-0.1, -0.05) is 90.1 Å². The van der Waals surface area contributed by atoms with Gasteiger partial charge in [-0.3, -0.25) is 38.6 Å². The number of guanidine groups is 1. The molecule has 4 atom stereocenters. The Bertz CT molecular complexity index is 2400. The fourth-order valence-electron chi connectivity index (χ4n) is 7.29. The number of carboxylic acids is 1. The Balaban J connectivity index is 1.43. The van der Waals surface area contributed by atoms with Crippen LogP contribution in [-0.2, 0) is 49.6 Å². The lowest BCUT2D eigenvalue weighted by Gasteiger charge is -2.25. The number of fused-ring (bicyclic) bond motifs is 3. The van der Waals surface area contributed by atoms with Gasteiger partial charge in [0.15, 0.2) is 5.96 Å². The van der Waals surface area contributed by atoms with E-state index in [1.165, 1.54) is 0 Å². The molecule has 1 aliphatic carbocycles. The summed E-state index contributed by atoms with van der Waals surface area (Å²) in [6.45, 7) is -1.63. The molecule has 3 aromatic carbocycles. The molecule has 0 bridgehead atoms. The van der Waals surface area contributed by atoms with Gasteiger partial charge in [0.25, 0.3) is 0 Å². The molecule has 388 valence electrons. The minimum Gasteiger partial charge on any atom is -0.481 e. The van der Waals surface area contributed by atoms with Gasteiger partial charge in [-0.05, 0) is 60.4 Å². The summed E-state index contributed by atoms with van der Waals surface area (Å²) in [5.74, 6) is -6.88. The molecule has 0 radical (unpaired) electrons. The molecule has 14 N–H and O–H groups in total. The van der Waals surface area contributed by atoms with Crippen LogP contribution in [0, 0.1) is 0 Å². The van der Waals surface area contributed by atoms with Crippen LogP contribution in [0.2, 0.25) is 5.02 Å². The number of primary amides is 1. The first kappa shape index (κ1) is 57.1. The number of hydrogen-bond donors (Lipinski definition) is 11. The first-order valence-corrected chi connectivity index (χ1v) is 24.1. The summed E-state index contributed by atoms with van der Waals surface area (Å²) >= 11 is 6.88. The van der Waals surface area contributed by atoms with Crippen LogP contribution >= 0.6 is 23.4 Å². The molecule has 23 nitrogen and oxygen atoms in total. The number of carboxylic acid groups (broad SMARTS) is 1. The molecule has 3 aromatic rings. The lowest BCUT2D eigenvalue weighted by Crippen LogP contribution is -2.59. The maximum absolute atomic E-state index is 13.9. The van der Waals surface area contributed by atoms with Crippen LogP contribution in [0.4, 0.5) is 9.59 Å². The van der Waals surface area contributed by atoms with Crippen LogP contribution in [0.1, 0.15) is 67.6 Å². The molecule has 0 aromatic heterocycles. The number of nitrogens with two attached hydrogens (primary N) is 3. The van der Waals surface area contributed by atoms with E-state index in [1.54, 1.807) is 24.3 Å². The second-order valence-corrected chi connectivity index (χ2v) is 17.7. The second-order valence-electron chi connectivity index (χ2n) is 16.2. The highest BCUT2D eigenvalue weighted by Gasteiger charge is 2.34. The third kappa shape index (κ3) is 19.0. The number of aliphatic hydroxyl groups is 1. The molecule has 0 saturated carbocycles. The number of carbonyl (C=O) groups is 9. The smallest absolute Gasteiger partial charge is 0.407 e. The van der Waals surface area contributed by atoms with Crippen molar-refractivity contribution in [3.63, 3.8) is 0 Å². The third-order valence-corrected chi connectivity index (χ3v) is 12.1. The number of amides is 7. The Morgan fingerprint density at radius 1 is 0.681 bits per heavy atom. The number of aliphatic hydroxyl groups excluding tert-OH is 1. The topological polar surface area (TPSA) is 375 Å². The van der Waals surface area contributed by atoms with E-state index < -0.39 is 96.5 Å². The van der Waals surface area contributed by atoms with Crippen LogP contribution < -0.4 is 49.1 Å². The molecular formula is C47H59ClN10O13S. The van der Waals surface area contributed by atoms with Gasteiger partial charge in [0.05, 0.1) is 19.6 Å². The number of nitrogens with one attached hydrogen (secondary N) is 6. The van der Waals surface area contributed by atoms with Gasteiger partial charge in [-0.15, -0.1) is 0 Å². The van der Waals surface area contributed by atoms with Gasteiger partial charge in [-0.25, -0.2) is 9.59 Å². The number of carbonyl (C=O) groups excluding carboxylic acids is 8. The largest absolute Gasteiger partial charge is 0.481 e. The van der Waals surface area contributed by atoms with Crippen molar-refractivity contribution < 1.29 is 62.8 Å². The Kier molecular flexibility index (Phi) is 23.5. The minimum atomic E-state index is -1.88. The Morgan fingerprint density at radius 2 is 1.26 bits per heavy atom. The molecular weight excluding hydrogens is 980 g/mol. The number of aliphatic imine (C=N–C) groups is 1. The van der Waals surface area contributed by atoms with Crippen molar-refractivity contribution in [1.82, 2.24) is 31.9 Å². The molecule has 0 heterocycles. The van der Waals surface area contributed by atoms with E-state index >= 15 is 0 Å². The maximum atomic E-state index is 13.9. The Labute approximate surface area is 423 Å². The predicted octanol–water partition coefficient (Wildman–Crippen LogP) is 0.870. The van der Waals surface area contributed by atoms with Gasteiger partial charge in [0.2, 0.25) is 34.7 Å². The summed E-state index contributed by atoms with van der Waals surface area (Å²) in [7, 11) is 0. The summed E-state index contributed by atoms with van der Waals surface area (Å²) in [4.78, 5) is 119. The number of hydrogen-bond acceptors (Lipinski definition) is 14. The Hall–Kier alpha value is -7.44. The van der Waals surface area contributed by atoms with E-state index in [-0.39, 0.29) is 82.5 Å². The van der Waals surface area contributed by atoms with Gasteiger partial charge in [-0.2, -0.15) is 0 Å². The number of alkyl carbamates (subject to hydrolysis) is 2. The van der Waals surface area contributed by atoms with E-state index in [0.29, 0.717) is 10.6 Å². The summed E-state index contributed by atoms with van der Waals surface area (Å²) < 4.78 is 10.9. The number of nitrogens with zero attached hydrogens (tertiary/aromatic N) is 1. The molecule has 0 aliphatic heterocycles. The van der Waals surface area contributed by atoms with Crippen molar-refractivity contribution in [1.29, 1.82) is 0 Å². The Morgan fingerprint density at radius 3 is 1.90 bits per heavy atom. The second kappa shape index (κ2) is 29.7. The highest BCUT2D eigenvalue weighted by atomic mass is 35.5. The van der Waals surface area contributed by atoms with E-state index in [4.69, 9.17) is 38.3 Å². The highest BCUT2D eigenvalue weighted by Crippen LogP contribution is 2.44. The van der Waals surface area contributed by atoms with E-state index in [1.807, 2.05) is 48.5 Å². The molecule has 0 unspecified atom stereocenters. The number of rotatable bonds is 29. The molecule has 4 rings (SSSR count). The number of ether oxygens (including phenoxy) is 2. The van der Waals surface area contributed by atoms with E-state index in [9.17, 15) is 53.4 Å². The van der Waals surface area contributed by atoms with E-state index in [2.05, 4.69) is 36.9 Å². The van der Waals surface area contributed by atoms with Crippen molar-refractivity contribution in [3.8, 4) is 11.1 Å². The number of benzene rings is 3. The number of halogens is 1. The molecule has 25 heteroatoms. The van der Waals surface area contributed by atoms with Crippen molar-refractivity contribution in [2.24, 2.45) is 22.2 Å². The molecule has 0 spiro atoms. The number of thioether (sulfide) groups is 1. The standard InChI is InChI=1S/C47H59ClN10O13S/c48-33-15-6-1-10-27(33)25-70-46(68)53-19-8-7-16-35(58-47(69)71-26-32-30-13-4-2-11-28(30)29-12-3-5-14-31(29)32)42(65)57-37(24-59)44(67)56-36(22-39(61)62)43(66)55-34(17-9-20-52-45(50)51)41(64)54-23-40(63)72-21-18-38(49)60/h1-6,10-15,32,34-37,59H,7-9,16-26H2,(H2,49,60)(H,53,68)(H,54,64)(H,55,66)(H,56,67)(H,57,65)(H,58,69)(H,61,62)(H4,50,51,52)/t34-,35-,36-,37-/m0/s1. The van der Waals surface area contributed by atoms with Crippen LogP contribution in [0.5, 0.6) is 0 Å². The monoisotopic (exact) mass is 1040 g/mol. The first-order chi connectivity index (χ1) is 34.5. The molecule has 0 fully saturated rings. The van der Waals surface area contributed by atoms with Crippen molar-refractivity contribution >= 4 is 82.1 Å². The first-order valence-electron chi connectivity index (χ1n) is 22.7. The lowest BCUT2D eigenvalue weighted by atomic mass is 9.98. The highest BCUT2D eigenvalue weighted by molar-refractivity contribution is 8.13. The van der Waals surface area contributed by atoms with E-state index in [0.717, 1.165) is 34.0 Å². The van der Waals surface area contributed by atoms with Crippen molar-refractivity contribution in [2.45, 2.75) is 81.6 Å².